The largest absolute Gasteiger partial charge is 0.326 e. The molecule has 0 aromatic heterocycles. The highest BCUT2D eigenvalue weighted by atomic mass is 16.1. The molecule has 3 rings (SSSR count). The second kappa shape index (κ2) is 4.39. The quantitative estimate of drug-likeness (QED) is 0.854. The van der Waals surface area contributed by atoms with Crippen LogP contribution in [0.3, 0.4) is 0 Å². The molecule has 3 atom stereocenters. The van der Waals surface area contributed by atoms with E-state index < -0.39 is 0 Å². The number of carbonyl (C=O) groups is 1. The van der Waals surface area contributed by atoms with Crippen molar-refractivity contribution in [2.24, 2.45) is 11.8 Å². The van der Waals surface area contributed by atoms with E-state index in [1.807, 2.05) is 6.07 Å². The van der Waals surface area contributed by atoms with Gasteiger partial charge in [-0.3, -0.25) is 4.79 Å². The van der Waals surface area contributed by atoms with Crippen LogP contribution >= 0.6 is 0 Å². The van der Waals surface area contributed by atoms with Crippen molar-refractivity contribution in [1.29, 1.82) is 0 Å². The lowest BCUT2D eigenvalue weighted by Crippen LogP contribution is -2.23. The average Bonchev–Trinajstić information content (AvgIpc) is 2.93. The zero-order valence-electron chi connectivity index (χ0n) is 11.0. The van der Waals surface area contributed by atoms with Crippen LogP contribution in [0.1, 0.15) is 37.4 Å². The maximum Gasteiger partial charge on any atom is 0.228 e. The molecule has 2 N–H and O–H groups in total. The van der Waals surface area contributed by atoms with E-state index in [2.05, 4.69) is 36.6 Å². The van der Waals surface area contributed by atoms with E-state index >= 15 is 0 Å². The number of hydrogen-bond donors (Lipinski definition) is 2. The van der Waals surface area contributed by atoms with Crippen LogP contribution in [-0.4, -0.2) is 12.5 Å². The van der Waals surface area contributed by atoms with Crippen molar-refractivity contribution in [3.8, 4) is 0 Å². The summed E-state index contributed by atoms with van der Waals surface area (Å²) in [4.78, 5) is 11.4. The highest BCUT2D eigenvalue weighted by Gasteiger charge is 2.40. The number of fused-ring (bicyclic) bond motifs is 1. The number of hydrogen-bond acceptors (Lipinski definition) is 2. The fourth-order valence-electron chi connectivity index (χ4n) is 2.99. The summed E-state index contributed by atoms with van der Waals surface area (Å²) < 4.78 is 0. The normalized spacial score (nSPS) is 26.7. The smallest absolute Gasteiger partial charge is 0.228 e. The molecule has 3 heteroatoms. The summed E-state index contributed by atoms with van der Waals surface area (Å²) in [5.74, 6) is 1.69. The van der Waals surface area contributed by atoms with E-state index in [9.17, 15) is 4.79 Å². The Balaban J connectivity index is 1.86. The van der Waals surface area contributed by atoms with Gasteiger partial charge in [-0.05, 0) is 42.0 Å². The van der Waals surface area contributed by atoms with E-state index in [1.54, 1.807) is 0 Å². The fraction of sp³-hybridized carbons (Fsp3) is 0.533. The van der Waals surface area contributed by atoms with E-state index in [0.717, 1.165) is 29.6 Å². The van der Waals surface area contributed by atoms with E-state index in [0.29, 0.717) is 12.5 Å². The molecule has 1 aliphatic carbocycles. The molecule has 1 aromatic rings. The van der Waals surface area contributed by atoms with Crippen molar-refractivity contribution in [2.45, 2.75) is 32.7 Å². The van der Waals surface area contributed by atoms with Gasteiger partial charge in [0.05, 0.1) is 6.42 Å². The van der Waals surface area contributed by atoms with Crippen LogP contribution in [0.25, 0.3) is 0 Å². The molecule has 1 saturated carbocycles. The van der Waals surface area contributed by atoms with Crippen LogP contribution in [-0.2, 0) is 11.2 Å². The summed E-state index contributed by atoms with van der Waals surface area (Å²) in [5, 5.41) is 6.48. The highest BCUT2D eigenvalue weighted by molar-refractivity contribution is 5.99. The van der Waals surface area contributed by atoms with Crippen LogP contribution in [0.4, 0.5) is 5.69 Å². The zero-order valence-corrected chi connectivity index (χ0v) is 11.0. The van der Waals surface area contributed by atoms with Crippen molar-refractivity contribution in [2.75, 3.05) is 11.9 Å². The van der Waals surface area contributed by atoms with Crippen LogP contribution < -0.4 is 10.6 Å². The molecule has 0 saturated heterocycles. The van der Waals surface area contributed by atoms with Gasteiger partial charge in [0, 0.05) is 11.7 Å². The summed E-state index contributed by atoms with van der Waals surface area (Å²) in [6.07, 6.45) is 1.84. The molecule has 1 fully saturated rings. The van der Waals surface area contributed by atoms with Gasteiger partial charge in [0.1, 0.15) is 0 Å². The molecule has 3 unspecified atom stereocenters. The third kappa shape index (κ3) is 2.03. The molecule has 18 heavy (non-hydrogen) atoms. The standard InChI is InChI=1S/C15H20N2O/c1-3-16-15(12-6-9(12)2)10-4-5-13-11(7-10)8-14(18)17-13/h4-5,7,9,12,15-16H,3,6,8H2,1-2H3,(H,17,18). The predicted molar refractivity (Wildman–Crippen MR) is 72.5 cm³/mol. The van der Waals surface area contributed by atoms with Gasteiger partial charge in [-0.2, -0.15) is 0 Å². The molecule has 1 aliphatic heterocycles. The Morgan fingerprint density at radius 2 is 2.28 bits per heavy atom. The predicted octanol–water partition coefficient (Wildman–Crippen LogP) is 2.49. The first-order chi connectivity index (χ1) is 8.69. The van der Waals surface area contributed by atoms with Gasteiger partial charge < -0.3 is 10.6 Å². The lowest BCUT2D eigenvalue weighted by Gasteiger charge is -2.19. The molecule has 0 spiro atoms. The SMILES string of the molecule is CCNC(c1ccc2c(c1)CC(=O)N2)C1CC1C. The van der Waals surface area contributed by atoms with Crippen molar-refractivity contribution >= 4 is 11.6 Å². The first-order valence-corrected chi connectivity index (χ1v) is 6.85. The summed E-state index contributed by atoms with van der Waals surface area (Å²) in [6.45, 7) is 5.45. The van der Waals surface area contributed by atoms with Gasteiger partial charge in [0.15, 0.2) is 0 Å². The van der Waals surface area contributed by atoms with Crippen molar-refractivity contribution in [1.82, 2.24) is 5.32 Å². The van der Waals surface area contributed by atoms with Crippen LogP contribution in [0.15, 0.2) is 18.2 Å². The summed E-state index contributed by atoms with van der Waals surface area (Å²) in [7, 11) is 0. The van der Waals surface area contributed by atoms with Crippen molar-refractivity contribution < 1.29 is 4.79 Å². The first kappa shape index (κ1) is 11.7. The van der Waals surface area contributed by atoms with Gasteiger partial charge in [0.25, 0.3) is 0 Å². The van der Waals surface area contributed by atoms with Gasteiger partial charge in [0.2, 0.25) is 5.91 Å². The van der Waals surface area contributed by atoms with Crippen molar-refractivity contribution in [3.05, 3.63) is 29.3 Å². The third-order valence-corrected chi connectivity index (χ3v) is 4.14. The van der Waals surface area contributed by atoms with Gasteiger partial charge in [-0.25, -0.2) is 0 Å². The highest BCUT2D eigenvalue weighted by Crippen LogP contribution is 2.47. The van der Waals surface area contributed by atoms with Crippen molar-refractivity contribution in [3.63, 3.8) is 0 Å². The Hall–Kier alpha value is -1.35. The molecule has 0 bridgehead atoms. The lowest BCUT2D eigenvalue weighted by atomic mass is 9.98. The van der Waals surface area contributed by atoms with Gasteiger partial charge in [-0.1, -0.05) is 26.0 Å². The molecule has 2 aliphatic rings. The number of rotatable bonds is 4. The Labute approximate surface area is 108 Å². The maximum absolute atomic E-state index is 11.4. The molecular weight excluding hydrogens is 224 g/mol. The molecule has 3 nitrogen and oxygen atoms in total. The maximum atomic E-state index is 11.4. The topological polar surface area (TPSA) is 41.1 Å². The molecule has 1 amide bonds. The van der Waals surface area contributed by atoms with E-state index in [1.165, 1.54) is 12.0 Å². The minimum absolute atomic E-state index is 0.113. The molecule has 96 valence electrons. The number of nitrogens with one attached hydrogen (secondary N) is 2. The first-order valence-electron chi connectivity index (χ1n) is 6.85. The minimum atomic E-state index is 0.113. The number of anilines is 1. The molecule has 1 aromatic carbocycles. The molecular formula is C15H20N2O. The second-order valence-corrected chi connectivity index (χ2v) is 5.55. The van der Waals surface area contributed by atoms with Gasteiger partial charge in [-0.15, -0.1) is 0 Å². The van der Waals surface area contributed by atoms with Crippen LogP contribution in [0.5, 0.6) is 0 Å². The Morgan fingerprint density at radius 3 is 2.94 bits per heavy atom. The Morgan fingerprint density at radius 1 is 1.50 bits per heavy atom. The summed E-state index contributed by atoms with van der Waals surface area (Å²) >= 11 is 0. The molecule has 0 radical (unpaired) electrons. The van der Waals surface area contributed by atoms with E-state index in [-0.39, 0.29) is 5.91 Å². The Kier molecular flexibility index (Phi) is 2.86. The minimum Gasteiger partial charge on any atom is -0.326 e. The summed E-state index contributed by atoms with van der Waals surface area (Å²) in [5.41, 5.74) is 3.47. The third-order valence-electron chi connectivity index (χ3n) is 4.14. The van der Waals surface area contributed by atoms with Crippen LogP contribution in [0, 0.1) is 11.8 Å². The Bertz CT molecular complexity index is 483. The second-order valence-electron chi connectivity index (χ2n) is 5.55. The number of carbonyl (C=O) groups excluding carboxylic acids is 1. The lowest BCUT2D eigenvalue weighted by molar-refractivity contribution is -0.115. The zero-order chi connectivity index (χ0) is 12.7. The summed E-state index contributed by atoms with van der Waals surface area (Å²) in [6, 6.07) is 6.85. The average molecular weight is 244 g/mol. The van der Waals surface area contributed by atoms with Gasteiger partial charge >= 0.3 is 0 Å². The monoisotopic (exact) mass is 244 g/mol. The van der Waals surface area contributed by atoms with Crippen LogP contribution in [0.2, 0.25) is 0 Å². The number of amides is 1. The number of benzene rings is 1. The molecule has 1 heterocycles. The fourth-order valence-corrected chi connectivity index (χ4v) is 2.99. The van der Waals surface area contributed by atoms with E-state index in [4.69, 9.17) is 0 Å².